The van der Waals surface area contributed by atoms with Crippen LogP contribution in [0.5, 0.6) is 0 Å². The van der Waals surface area contributed by atoms with Crippen LogP contribution >= 0.6 is 0 Å². The van der Waals surface area contributed by atoms with Gasteiger partial charge in [-0.3, -0.25) is 4.98 Å². The van der Waals surface area contributed by atoms with Crippen molar-refractivity contribution in [1.29, 1.82) is 0 Å². The molecule has 0 saturated carbocycles. The minimum absolute atomic E-state index is 0.168. The van der Waals surface area contributed by atoms with Crippen molar-refractivity contribution in [2.24, 2.45) is 0 Å². The zero-order valence-corrected chi connectivity index (χ0v) is 14.9. The van der Waals surface area contributed by atoms with Crippen LogP contribution in [0.3, 0.4) is 0 Å². The normalized spacial score (nSPS) is 16.8. The van der Waals surface area contributed by atoms with Gasteiger partial charge >= 0.3 is 6.09 Å². The maximum Gasteiger partial charge on any atom is 0.407 e. The summed E-state index contributed by atoms with van der Waals surface area (Å²) in [6.45, 7) is 6.59. The van der Waals surface area contributed by atoms with Crippen molar-refractivity contribution in [1.82, 2.24) is 10.3 Å². The van der Waals surface area contributed by atoms with E-state index in [4.69, 9.17) is 9.47 Å². The summed E-state index contributed by atoms with van der Waals surface area (Å²) in [5.74, 6) is 0. The zero-order chi connectivity index (χ0) is 17.9. The lowest BCUT2D eigenvalue weighted by molar-refractivity contribution is 0.0289. The molecule has 25 heavy (non-hydrogen) atoms. The molecule has 2 aromatic rings. The molecule has 0 aliphatic carbocycles. The van der Waals surface area contributed by atoms with Crippen molar-refractivity contribution in [3.63, 3.8) is 0 Å². The number of alkyl carbamates (subject to hydrolysis) is 1. The molecule has 0 bridgehead atoms. The van der Waals surface area contributed by atoms with Gasteiger partial charge < -0.3 is 14.8 Å². The van der Waals surface area contributed by atoms with E-state index in [2.05, 4.69) is 28.5 Å². The standard InChI is InChI=1S/C20H24N2O3/c1-20(2,3)25-19(23)22-13-18-17-12-16(14-6-9-21-10-7-14)5-4-15(17)8-11-24-18/h4-7,9-10,12,18H,8,11,13H2,1-3H3,(H,22,23)/t18-/m1/s1. The number of nitrogens with one attached hydrogen (secondary N) is 1. The Morgan fingerprint density at radius 2 is 2.00 bits per heavy atom. The average Bonchev–Trinajstić information content (AvgIpc) is 2.59. The van der Waals surface area contributed by atoms with Crippen LogP contribution in [0.4, 0.5) is 4.79 Å². The number of carbonyl (C=O) groups excluding carboxylic acids is 1. The molecule has 0 radical (unpaired) electrons. The maximum absolute atomic E-state index is 11.9. The highest BCUT2D eigenvalue weighted by Gasteiger charge is 2.23. The fourth-order valence-corrected chi connectivity index (χ4v) is 2.91. The van der Waals surface area contributed by atoms with Crippen LogP contribution in [0, 0.1) is 0 Å². The van der Waals surface area contributed by atoms with E-state index in [1.807, 2.05) is 32.9 Å². The third kappa shape index (κ3) is 4.57. The van der Waals surface area contributed by atoms with E-state index in [0.29, 0.717) is 13.2 Å². The fraction of sp³-hybridized carbons (Fsp3) is 0.400. The molecule has 1 aliphatic rings. The number of benzene rings is 1. The molecule has 1 amide bonds. The third-order valence-corrected chi connectivity index (χ3v) is 4.03. The van der Waals surface area contributed by atoms with E-state index in [1.54, 1.807) is 12.4 Å². The number of hydrogen-bond donors (Lipinski definition) is 1. The van der Waals surface area contributed by atoms with Crippen molar-refractivity contribution in [3.8, 4) is 11.1 Å². The molecule has 1 aromatic heterocycles. The summed E-state index contributed by atoms with van der Waals surface area (Å²) in [5, 5.41) is 2.81. The Balaban J connectivity index is 1.75. The number of amides is 1. The highest BCUT2D eigenvalue weighted by Crippen LogP contribution is 2.31. The zero-order valence-electron chi connectivity index (χ0n) is 14.9. The summed E-state index contributed by atoms with van der Waals surface area (Å²) >= 11 is 0. The highest BCUT2D eigenvalue weighted by atomic mass is 16.6. The van der Waals surface area contributed by atoms with E-state index in [1.165, 1.54) is 5.56 Å². The average molecular weight is 340 g/mol. The van der Waals surface area contributed by atoms with E-state index < -0.39 is 11.7 Å². The molecule has 5 nitrogen and oxygen atoms in total. The van der Waals surface area contributed by atoms with Crippen LogP contribution in [0.2, 0.25) is 0 Å². The molecular weight excluding hydrogens is 316 g/mol. The number of nitrogens with zero attached hydrogens (tertiary/aromatic N) is 1. The van der Waals surface area contributed by atoms with Gasteiger partial charge in [0.05, 0.1) is 13.2 Å². The van der Waals surface area contributed by atoms with Gasteiger partial charge in [0, 0.05) is 12.4 Å². The predicted molar refractivity (Wildman–Crippen MR) is 96.3 cm³/mol. The number of ether oxygens (including phenoxy) is 2. The number of rotatable bonds is 3. The second kappa shape index (κ2) is 7.23. The second-order valence-corrected chi connectivity index (χ2v) is 7.14. The summed E-state index contributed by atoms with van der Waals surface area (Å²) in [6, 6.07) is 10.4. The quantitative estimate of drug-likeness (QED) is 0.921. The molecule has 1 atom stereocenters. The van der Waals surface area contributed by atoms with Gasteiger partial charge in [-0.1, -0.05) is 12.1 Å². The number of hydrogen-bond acceptors (Lipinski definition) is 4. The topological polar surface area (TPSA) is 60.5 Å². The lowest BCUT2D eigenvalue weighted by Crippen LogP contribution is -2.36. The monoisotopic (exact) mass is 340 g/mol. The smallest absolute Gasteiger partial charge is 0.407 e. The largest absolute Gasteiger partial charge is 0.444 e. The van der Waals surface area contributed by atoms with Crippen molar-refractivity contribution < 1.29 is 14.3 Å². The Labute approximate surface area is 148 Å². The summed E-state index contributed by atoms with van der Waals surface area (Å²) in [7, 11) is 0. The summed E-state index contributed by atoms with van der Waals surface area (Å²) in [4.78, 5) is 16.0. The molecule has 3 rings (SSSR count). The van der Waals surface area contributed by atoms with Crippen molar-refractivity contribution in [3.05, 3.63) is 53.9 Å². The van der Waals surface area contributed by atoms with Gasteiger partial charge in [-0.2, -0.15) is 0 Å². The van der Waals surface area contributed by atoms with Crippen LogP contribution in [-0.4, -0.2) is 29.8 Å². The molecule has 0 fully saturated rings. The van der Waals surface area contributed by atoms with E-state index >= 15 is 0 Å². The molecule has 5 heteroatoms. The molecule has 1 N–H and O–H groups in total. The first-order valence-corrected chi connectivity index (χ1v) is 8.54. The molecule has 1 aromatic carbocycles. The van der Waals surface area contributed by atoms with Crippen molar-refractivity contribution in [2.75, 3.05) is 13.2 Å². The van der Waals surface area contributed by atoms with Crippen LogP contribution in [-0.2, 0) is 15.9 Å². The first-order valence-electron chi connectivity index (χ1n) is 8.54. The second-order valence-electron chi connectivity index (χ2n) is 7.14. The SMILES string of the molecule is CC(C)(C)OC(=O)NC[C@H]1OCCc2ccc(-c3ccncc3)cc21. The first-order chi connectivity index (χ1) is 11.9. The minimum atomic E-state index is -0.510. The van der Waals surface area contributed by atoms with Gasteiger partial charge in [0.15, 0.2) is 0 Å². The number of fused-ring (bicyclic) bond motifs is 1. The minimum Gasteiger partial charge on any atom is -0.444 e. The Morgan fingerprint density at radius 1 is 1.24 bits per heavy atom. The van der Waals surface area contributed by atoms with Gasteiger partial charge in [0.25, 0.3) is 0 Å². The highest BCUT2D eigenvalue weighted by molar-refractivity contribution is 5.68. The lowest BCUT2D eigenvalue weighted by atomic mass is 9.93. The molecule has 0 spiro atoms. The molecule has 0 saturated heterocycles. The number of aromatic nitrogens is 1. The molecule has 0 unspecified atom stereocenters. The van der Waals surface area contributed by atoms with Gasteiger partial charge in [-0.25, -0.2) is 4.79 Å². The summed E-state index contributed by atoms with van der Waals surface area (Å²) in [6.07, 6.45) is 3.86. The van der Waals surface area contributed by atoms with E-state index in [0.717, 1.165) is 23.1 Å². The predicted octanol–water partition coefficient (Wildman–Crippen LogP) is 3.89. The number of pyridine rings is 1. The van der Waals surface area contributed by atoms with Gasteiger partial charge in [-0.05, 0) is 67.6 Å². The van der Waals surface area contributed by atoms with Gasteiger partial charge in [-0.15, -0.1) is 0 Å². The number of carbonyl (C=O) groups is 1. The van der Waals surface area contributed by atoms with Gasteiger partial charge in [0.1, 0.15) is 11.7 Å². The van der Waals surface area contributed by atoms with E-state index in [9.17, 15) is 4.79 Å². The van der Waals surface area contributed by atoms with Crippen LogP contribution < -0.4 is 5.32 Å². The molecule has 2 heterocycles. The van der Waals surface area contributed by atoms with E-state index in [-0.39, 0.29) is 6.10 Å². The maximum atomic E-state index is 11.9. The van der Waals surface area contributed by atoms with Crippen molar-refractivity contribution >= 4 is 6.09 Å². The first kappa shape index (κ1) is 17.4. The molecular formula is C20H24N2O3. The van der Waals surface area contributed by atoms with Crippen LogP contribution in [0.25, 0.3) is 11.1 Å². The Morgan fingerprint density at radius 3 is 2.72 bits per heavy atom. The lowest BCUT2D eigenvalue weighted by Gasteiger charge is -2.27. The van der Waals surface area contributed by atoms with Crippen molar-refractivity contribution in [2.45, 2.75) is 38.9 Å². The Bertz CT molecular complexity index is 738. The Kier molecular flexibility index (Phi) is 5.04. The van der Waals surface area contributed by atoms with Crippen LogP contribution in [0.15, 0.2) is 42.7 Å². The molecule has 1 aliphatic heterocycles. The van der Waals surface area contributed by atoms with Crippen LogP contribution in [0.1, 0.15) is 38.0 Å². The fourth-order valence-electron chi connectivity index (χ4n) is 2.91. The Hall–Kier alpha value is -2.40. The summed E-state index contributed by atoms with van der Waals surface area (Å²) < 4.78 is 11.2. The third-order valence-electron chi connectivity index (χ3n) is 4.03. The summed E-state index contributed by atoms with van der Waals surface area (Å²) in [5.41, 5.74) is 4.11. The molecule has 132 valence electrons. The van der Waals surface area contributed by atoms with Gasteiger partial charge in [0.2, 0.25) is 0 Å².